The second kappa shape index (κ2) is 7.86. The first-order valence-electron chi connectivity index (χ1n) is 9.25. The van der Waals surface area contributed by atoms with Crippen molar-refractivity contribution in [1.29, 1.82) is 0 Å². The van der Waals surface area contributed by atoms with Gasteiger partial charge in [0.25, 0.3) is 5.91 Å². The van der Waals surface area contributed by atoms with Gasteiger partial charge in [-0.1, -0.05) is 12.1 Å². The molecule has 1 unspecified atom stereocenters. The SMILES string of the molecule is Cc1nn(Cc2ccc(C(=O)NC(C)c3cnn(C)c3C)cc2)c(C)c1[N+](=O)[O-]. The summed E-state index contributed by atoms with van der Waals surface area (Å²) in [7, 11) is 1.86. The molecule has 0 saturated carbocycles. The number of benzene rings is 1. The van der Waals surface area contributed by atoms with Crippen molar-refractivity contribution >= 4 is 11.6 Å². The highest BCUT2D eigenvalue weighted by Gasteiger charge is 2.22. The number of amides is 1. The van der Waals surface area contributed by atoms with Crippen LogP contribution in [0.3, 0.4) is 0 Å². The smallest absolute Gasteiger partial charge is 0.312 e. The van der Waals surface area contributed by atoms with Gasteiger partial charge in [0, 0.05) is 23.9 Å². The summed E-state index contributed by atoms with van der Waals surface area (Å²) in [5.74, 6) is -0.172. The number of hydrogen-bond acceptors (Lipinski definition) is 5. The molecule has 0 fully saturated rings. The maximum absolute atomic E-state index is 12.6. The van der Waals surface area contributed by atoms with Gasteiger partial charge < -0.3 is 5.32 Å². The van der Waals surface area contributed by atoms with E-state index >= 15 is 0 Å². The second-order valence-electron chi connectivity index (χ2n) is 7.14. The van der Waals surface area contributed by atoms with E-state index < -0.39 is 4.92 Å². The third-order valence-electron chi connectivity index (χ3n) is 5.16. The lowest BCUT2D eigenvalue weighted by atomic mass is 10.1. The molecule has 9 heteroatoms. The summed E-state index contributed by atoms with van der Waals surface area (Å²) in [6.07, 6.45) is 1.76. The van der Waals surface area contributed by atoms with Gasteiger partial charge in [0.2, 0.25) is 0 Å². The van der Waals surface area contributed by atoms with Gasteiger partial charge in [-0.15, -0.1) is 0 Å². The Hall–Kier alpha value is -3.49. The van der Waals surface area contributed by atoms with E-state index in [1.54, 1.807) is 41.5 Å². The van der Waals surface area contributed by atoms with Crippen LogP contribution in [-0.2, 0) is 13.6 Å². The molecule has 0 radical (unpaired) electrons. The van der Waals surface area contributed by atoms with Crippen LogP contribution < -0.4 is 5.32 Å². The summed E-state index contributed by atoms with van der Waals surface area (Å²) < 4.78 is 3.38. The predicted octanol–water partition coefficient (Wildman–Crippen LogP) is 2.99. The van der Waals surface area contributed by atoms with Crippen LogP contribution in [-0.4, -0.2) is 30.4 Å². The maximum atomic E-state index is 12.6. The standard InChI is InChI=1S/C20H24N6O3/c1-12(18-10-21-24(5)14(18)3)22-20(27)17-8-6-16(7-9-17)11-25-15(4)19(26(28)29)13(2)23-25/h6-10,12H,11H2,1-5H3,(H,22,27). The van der Waals surface area contributed by atoms with Gasteiger partial charge in [-0.05, 0) is 45.4 Å². The molecule has 9 nitrogen and oxygen atoms in total. The van der Waals surface area contributed by atoms with Crippen LogP contribution >= 0.6 is 0 Å². The molecular formula is C20H24N6O3. The molecule has 1 atom stereocenters. The number of nitrogens with one attached hydrogen (secondary N) is 1. The van der Waals surface area contributed by atoms with Crippen molar-refractivity contribution in [3.63, 3.8) is 0 Å². The molecule has 3 rings (SSSR count). The molecule has 0 aliphatic rings. The zero-order chi connectivity index (χ0) is 21.3. The molecule has 0 aliphatic heterocycles. The lowest BCUT2D eigenvalue weighted by Crippen LogP contribution is -2.27. The van der Waals surface area contributed by atoms with Gasteiger partial charge in [-0.2, -0.15) is 10.2 Å². The van der Waals surface area contributed by atoms with Crippen LogP contribution in [0.15, 0.2) is 30.5 Å². The van der Waals surface area contributed by atoms with Gasteiger partial charge in [-0.25, -0.2) is 0 Å². The lowest BCUT2D eigenvalue weighted by Gasteiger charge is -2.14. The number of nitrogens with zero attached hydrogens (tertiary/aromatic N) is 5. The van der Waals surface area contributed by atoms with Crippen molar-refractivity contribution in [1.82, 2.24) is 24.9 Å². The van der Waals surface area contributed by atoms with E-state index in [0.29, 0.717) is 23.5 Å². The highest BCUT2D eigenvalue weighted by atomic mass is 16.6. The molecular weight excluding hydrogens is 372 g/mol. The Bertz CT molecular complexity index is 1060. The molecule has 1 aromatic carbocycles. The van der Waals surface area contributed by atoms with Crippen LogP contribution in [0.2, 0.25) is 0 Å². The van der Waals surface area contributed by atoms with Crippen molar-refractivity contribution in [2.45, 2.75) is 40.3 Å². The third kappa shape index (κ3) is 4.03. The van der Waals surface area contributed by atoms with Crippen LogP contribution in [0.1, 0.15) is 51.5 Å². The summed E-state index contributed by atoms with van der Waals surface area (Å²) in [6.45, 7) is 7.59. The normalized spacial score (nSPS) is 12.0. The first-order valence-corrected chi connectivity index (χ1v) is 9.25. The highest BCUT2D eigenvalue weighted by Crippen LogP contribution is 2.23. The van der Waals surface area contributed by atoms with Crippen molar-refractivity contribution in [3.05, 3.63) is 74.3 Å². The Morgan fingerprint density at radius 1 is 1.21 bits per heavy atom. The van der Waals surface area contributed by atoms with E-state index in [2.05, 4.69) is 15.5 Å². The van der Waals surface area contributed by atoms with E-state index in [-0.39, 0.29) is 17.6 Å². The summed E-state index contributed by atoms with van der Waals surface area (Å²) in [5, 5.41) is 22.6. The molecule has 3 aromatic rings. The van der Waals surface area contributed by atoms with E-state index in [1.165, 1.54) is 0 Å². The molecule has 0 aliphatic carbocycles. The van der Waals surface area contributed by atoms with Crippen molar-refractivity contribution in [3.8, 4) is 0 Å². The molecule has 2 heterocycles. The number of carbonyl (C=O) groups excluding carboxylic acids is 1. The quantitative estimate of drug-likeness (QED) is 0.509. The van der Waals surface area contributed by atoms with E-state index in [0.717, 1.165) is 16.8 Å². The fourth-order valence-electron chi connectivity index (χ4n) is 3.34. The van der Waals surface area contributed by atoms with Crippen LogP contribution in [0.25, 0.3) is 0 Å². The molecule has 29 heavy (non-hydrogen) atoms. The Morgan fingerprint density at radius 3 is 2.38 bits per heavy atom. The highest BCUT2D eigenvalue weighted by molar-refractivity contribution is 5.94. The van der Waals surface area contributed by atoms with Crippen molar-refractivity contribution in [2.75, 3.05) is 0 Å². The molecule has 2 aromatic heterocycles. The Balaban J connectivity index is 1.70. The minimum absolute atomic E-state index is 0.0423. The van der Waals surface area contributed by atoms with Gasteiger partial charge >= 0.3 is 5.69 Å². The Morgan fingerprint density at radius 2 is 1.86 bits per heavy atom. The second-order valence-corrected chi connectivity index (χ2v) is 7.14. The van der Waals surface area contributed by atoms with E-state index in [1.807, 2.05) is 33.0 Å². The summed E-state index contributed by atoms with van der Waals surface area (Å²) >= 11 is 0. The van der Waals surface area contributed by atoms with Crippen molar-refractivity contribution in [2.24, 2.45) is 7.05 Å². The fourth-order valence-corrected chi connectivity index (χ4v) is 3.34. The summed E-state index contributed by atoms with van der Waals surface area (Å²) in [6, 6.07) is 6.99. The fraction of sp³-hybridized carbons (Fsp3) is 0.350. The average molecular weight is 396 g/mol. The number of rotatable bonds is 6. The van der Waals surface area contributed by atoms with E-state index in [9.17, 15) is 14.9 Å². The van der Waals surface area contributed by atoms with Crippen LogP contribution in [0, 0.1) is 30.9 Å². The number of nitro groups is 1. The number of aryl methyl sites for hydroxylation is 2. The molecule has 1 N–H and O–H groups in total. The lowest BCUT2D eigenvalue weighted by molar-refractivity contribution is -0.386. The molecule has 1 amide bonds. The van der Waals surface area contributed by atoms with Gasteiger partial charge in [-0.3, -0.25) is 24.3 Å². The maximum Gasteiger partial charge on any atom is 0.312 e. The third-order valence-corrected chi connectivity index (χ3v) is 5.16. The van der Waals surface area contributed by atoms with Crippen molar-refractivity contribution < 1.29 is 9.72 Å². The summed E-state index contributed by atoms with van der Waals surface area (Å²) in [4.78, 5) is 23.3. The minimum Gasteiger partial charge on any atom is -0.345 e. The topological polar surface area (TPSA) is 108 Å². The monoisotopic (exact) mass is 396 g/mol. The number of aromatic nitrogens is 4. The number of hydrogen-bond donors (Lipinski definition) is 1. The van der Waals surface area contributed by atoms with Gasteiger partial charge in [0.15, 0.2) is 0 Å². The molecule has 152 valence electrons. The first kappa shape index (κ1) is 20.2. The Kier molecular flexibility index (Phi) is 5.49. The first-order chi connectivity index (χ1) is 13.7. The predicted molar refractivity (Wildman–Crippen MR) is 108 cm³/mol. The van der Waals surface area contributed by atoms with Crippen LogP contribution in [0.4, 0.5) is 5.69 Å². The van der Waals surface area contributed by atoms with Gasteiger partial charge in [0.1, 0.15) is 11.4 Å². The number of carbonyl (C=O) groups is 1. The molecule has 0 spiro atoms. The van der Waals surface area contributed by atoms with E-state index in [4.69, 9.17) is 0 Å². The zero-order valence-electron chi connectivity index (χ0n) is 17.1. The zero-order valence-corrected chi connectivity index (χ0v) is 17.1. The van der Waals surface area contributed by atoms with Gasteiger partial charge in [0.05, 0.1) is 23.7 Å². The average Bonchev–Trinajstić information content (AvgIpc) is 3.14. The van der Waals surface area contributed by atoms with Crippen LogP contribution in [0.5, 0.6) is 0 Å². The molecule has 0 saturated heterocycles. The summed E-state index contributed by atoms with van der Waals surface area (Å²) in [5.41, 5.74) is 4.37. The largest absolute Gasteiger partial charge is 0.345 e. The Labute approximate surface area is 168 Å². The minimum atomic E-state index is -0.410. The molecule has 0 bridgehead atoms.